The van der Waals surface area contributed by atoms with Crippen molar-refractivity contribution in [1.82, 2.24) is 9.97 Å². The molecule has 0 aliphatic heterocycles. The van der Waals surface area contributed by atoms with Gasteiger partial charge in [0.2, 0.25) is 0 Å². The zero-order valence-electron chi connectivity index (χ0n) is 12.0. The minimum absolute atomic E-state index is 0.568. The Bertz CT molecular complexity index is 551. The summed E-state index contributed by atoms with van der Waals surface area (Å²) in [6.45, 7) is 4.23. The number of benzene rings is 1. The highest BCUT2D eigenvalue weighted by atomic mass is 79.9. The zero-order valence-corrected chi connectivity index (χ0v) is 13.6. The van der Waals surface area contributed by atoms with Gasteiger partial charge >= 0.3 is 0 Å². The van der Waals surface area contributed by atoms with Crippen LogP contribution in [0.3, 0.4) is 0 Å². The Hall–Kier alpha value is -1.82. The highest BCUT2D eigenvalue weighted by Gasteiger charge is 2.07. The van der Waals surface area contributed by atoms with Gasteiger partial charge in [0.25, 0.3) is 0 Å². The lowest BCUT2D eigenvalue weighted by molar-refractivity contribution is 0.332. The topological polar surface area (TPSA) is 59.1 Å². The van der Waals surface area contributed by atoms with Gasteiger partial charge in [0.15, 0.2) is 0 Å². The van der Waals surface area contributed by atoms with Crippen LogP contribution in [0.15, 0.2) is 41.1 Å². The third kappa shape index (κ3) is 4.90. The maximum Gasteiger partial charge on any atom is 0.146 e. The van der Waals surface area contributed by atoms with Crippen molar-refractivity contribution >= 4 is 27.6 Å². The summed E-state index contributed by atoms with van der Waals surface area (Å²) in [5.74, 6) is 2.44. The van der Waals surface area contributed by atoms with Gasteiger partial charge < -0.3 is 15.4 Å². The molecule has 0 saturated heterocycles. The molecule has 21 heavy (non-hydrogen) atoms. The summed E-state index contributed by atoms with van der Waals surface area (Å²) in [4.78, 5) is 8.44. The standard InChI is InChI=1S/C15H19BrN4O/c1-2-8-17-14-13(16)15(20-11-19-14)18-9-10-21-12-6-4-3-5-7-12/h3-7,11H,2,8-10H2,1H3,(H2,17,18,19,20). The molecule has 0 spiro atoms. The molecular formula is C15H19BrN4O. The third-order valence-corrected chi connectivity index (χ3v) is 3.49. The number of nitrogens with one attached hydrogen (secondary N) is 2. The summed E-state index contributed by atoms with van der Waals surface area (Å²) in [6, 6.07) is 9.75. The van der Waals surface area contributed by atoms with E-state index < -0.39 is 0 Å². The first-order chi connectivity index (χ1) is 10.3. The van der Waals surface area contributed by atoms with Gasteiger partial charge in [0, 0.05) is 6.54 Å². The van der Waals surface area contributed by atoms with E-state index in [0.717, 1.165) is 34.8 Å². The molecule has 0 unspecified atom stereocenters. The van der Waals surface area contributed by atoms with Gasteiger partial charge in [-0.3, -0.25) is 0 Å². The van der Waals surface area contributed by atoms with E-state index in [4.69, 9.17) is 4.74 Å². The van der Waals surface area contributed by atoms with Crippen molar-refractivity contribution in [3.8, 4) is 5.75 Å². The monoisotopic (exact) mass is 350 g/mol. The average Bonchev–Trinajstić information content (AvgIpc) is 2.53. The summed E-state index contributed by atoms with van der Waals surface area (Å²) < 4.78 is 6.47. The Balaban J connectivity index is 1.83. The molecule has 0 saturated carbocycles. The fraction of sp³-hybridized carbons (Fsp3) is 0.333. The van der Waals surface area contributed by atoms with Crippen LogP contribution in [-0.2, 0) is 0 Å². The average molecular weight is 351 g/mol. The number of anilines is 2. The largest absolute Gasteiger partial charge is 0.492 e. The van der Waals surface area contributed by atoms with Crippen LogP contribution in [0.4, 0.5) is 11.6 Å². The molecule has 0 aliphatic carbocycles. The van der Waals surface area contributed by atoms with Crippen molar-refractivity contribution in [2.24, 2.45) is 0 Å². The predicted octanol–water partition coefficient (Wildman–Crippen LogP) is 3.55. The summed E-state index contributed by atoms with van der Waals surface area (Å²) in [5, 5.41) is 6.49. The van der Waals surface area contributed by atoms with Crippen LogP contribution in [-0.4, -0.2) is 29.7 Å². The predicted molar refractivity (Wildman–Crippen MR) is 88.9 cm³/mol. The molecule has 0 atom stereocenters. The summed E-state index contributed by atoms with van der Waals surface area (Å²) in [7, 11) is 0. The third-order valence-electron chi connectivity index (χ3n) is 2.74. The van der Waals surface area contributed by atoms with Crippen molar-refractivity contribution < 1.29 is 4.74 Å². The highest BCUT2D eigenvalue weighted by Crippen LogP contribution is 2.26. The molecule has 2 N–H and O–H groups in total. The van der Waals surface area contributed by atoms with Gasteiger partial charge in [-0.15, -0.1) is 0 Å². The van der Waals surface area contributed by atoms with E-state index in [1.807, 2.05) is 30.3 Å². The normalized spacial score (nSPS) is 10.2. The molecule has 1 aromatic heterocycles. The number of hydrogen-bond donors (Lipinski definition) is 2. The van der Waals surface area contributed by atoms with Gasteiger partial charge in [-0.05, 0) is 34.5 Å². The number of aromatic nitrogens is 2. The van der Waals surface area contributed by atoms with Gasteiger partial charge in [-0.2, -0.15) is 0 Å². The summed E-state index contributed by atoms with van der Waals surface area (Å²) >= 11 is 3.52. The van der Waals surface area contributed by atoms with E-state index in [1.165, 1.54) is 0 Å². The molecule has 0 bridgehead atoms. The number of ether oxygens (including phenoxy) is 1. The van der Waals surface area contributed by atoms with Crippen LogP contribution in [0, 0.1) is 0 Å². The molecule has 2 rings (SSSR count). The summed E-state index contributed by atoms with van der Waals surface area (Å²) in [6.07, 6.45) is 2.59. The van der Waals surface area contributed by atoms with Crippen molar-refractivity contribution in [1.29, 1.82) is 0 Å². The van der Waals surface area contributed by atoms with Crippen molar-refractivity contribution in [3.05, 3.63) is 41.1 Å². The van der Waals surface area contributed by atoms with Gasteiger partial charge in [0.1, 0.15) is 34.8 Å². The van der Waals surface area contributed by atoms with E-state index in [0.29, 0.717) is 13.2 Å². The van der Waals surface area contributed by atoms with Gasteiger partial charge in [-0.25, -0.2) is 9.97 Å². The molecule has 0 aliphatic rings. The Morgan fingerprint density at radius 3 is 2.38 bits per heavy atom. The van der Waals surface area contributed by atoms with Crippen LogP contribution in [0.25, 0.3) is 0 Å². The Morgan fingerprint density at radius 2 is 1.71 bits per heavy atom. The first kappa shape index (κ1) is 15.6. The molecule has 6 heteroatoms. The molecule has 1 heterocycles. The molecule has 0 fully saturated rings. The van der Waals surface area contributed by atoms with Gasteiger partial charge in [0.05, 0.1) is 6.54 Å². The zero-order chi connectivity index (χ0) is 14.9. The molecular weight excluding hydrogens is 332 g/mol. The van der Waals surface area contributed by atoms with Gasteiger partial charge in [-0.1, -0.05) is 25.1 Å². The van der Waals surface area contributed by atoms with E-state index in [9.17, 15) is 0 Å². The second kappa shape index (κ2) is 8.46. The van der Waals surface area contributed by atoms with Crippen LogP contribution in [0.2, 0.25) is 0 Å². The lowest BCUT2D eigenvalue weighted by Crippen LogP contribution is -2.13. The number of halogens is 1. The van der Waals surface area contributed by atoms with E-state index in [1.54, 1.807) is 6.33 Å². The molecule has 2 aromatic rings. The fourth-order valence-electron chi connectivity index (χ4n) is 1.71. The van der Waals surface area contributed by atoms with Crippen molar-refractivity contribution in [2.45, 2.75) is 13.3 Å². The Labute approximate surface area is 133 Å². The first-order valence-corrected chi connectivity index (χ1v) is 7.76. The SMILES string of the molecule is CCCNc1ncnc(NCCOc2ccccc2)c1Br. The molecule has 0 amide bonds. The van der Waals surface area contributed by atoms with E-state index in [2.05, 4.69) is 43.5 Å². The first-order valence-electron chi connectivity index (χ1n) is 6.97. The van der Waals surface area contributed by atoms with E-state index in [-0.39, 0.29) is 0 Å². The van der Waals surface area contributed by atoms with E-state index >= 15 is 0 Å². The van der Waals surface area contributed by atoms with Crippen molar-refractivity contribution in [2.75, 3.05) is 30.3 Å². The quantitative estimate of drug-likeness (QED) is 0.713. The maximum atomic E-state index is 5.63. The number of para-hydroxylation sites is 1. The number of nitrogens with zero attached hydrogens (tertiary/aromatic N) is 2. The summed E-state index contributed by atoms with van der Waals surface area (Å²) in [5.41, 5.74) is 0. The number of hydrogen-bond acceptors (Lipinski definition) is 5. The second-order valence-electron chi connectivity index (χ2n) is 4.40. The van der Waals surface area contributed by atoms with Crippen LogP contribution in [0.1, 0.15) is 13.3 Å². The Kier molecular flexibility index (Phi) is 6.27. The lowest BCUT2D eigenvalue weighted by atomic mass is 10.3. The second-order valence-corrected chi connectivity index (χ2v) is 5.19. The molecule has 1 aromatic carbocycles. The van der Waals surface area contributed by atoms with Crippen LogP contribution in [0.5, 0.6) is 5.75 Å². The van der Waals surface area contributed by atoms with Crippen LogP contribution >= 0.6 is 15.9 Å². The smallest absolute Gasteiger partial charge is 0.146 e. The molecule has 0 radical (unpaired) electrons. The lowest BCUT2D eigenvalue weighted by Gasteiger charge is -2.11. The minimum Gasteiger partial charge on any atom is -0.492 e. The fourth-order valence-corrected chi connectivity index (χ4v) is 2.20. The minimum atomic E-state index is 0.568. The molecule has 112 valence electrons. The Morgan fingerprint density at radius 1 is 1.05 bits per heavy atom. The van der Waals surface area contributed by atoms with Crippen LogP contribution < -0.4 is 15.4 Å². The van der Waals surface area contributed by atoms with Crippen molar-refractivity contribution in [3.63, 3.8) is 0 Å². The highest BCUT2D eigenvalue weighted by molar-refractivity contribution is 9.10. The molecule has 5 nitrogen and oxygen atoms in total. The number of rotatable bonds is 8. The maximum absolute atomic E-state index is 5.63.